The Hall–Kier alpha value is -2.89. The van der Waals surface area contributed by atoms with E-state index in [2.05, 4.69) is 16.3 Å². The molecular weight excluding hydrogens is 368 g/mol. The molecule has 2 aromatic carbocycles. The highest BCUT2D eigenvalue weighted by molar-refractivity contribution is 5.95. The number of rotatable bonds is 7. The normalized spacial score (nSPS) is 16.4. The first-order valence-electron chi connectivity index (χ1n) is 10.1. The lowest BCUT2D eigenvalue weighted by Gasteiger charge is -2.35. The van der Waals surface area contributed by atoms with Crippen LogP contribution in [0.2, 0.25) is 0 Å². The molecule has 0 saturated carbocycles. The van der Waals surface area contributed by atoms with Crippen molar-refractivity contribution in [3.63, 3.8) is 0 Å². The number of ether oxygens (including phenoxy) is 3. The second kappa shape index (κ2) is 9.54. The fraction of sp³-hybridized carbons (Fsp3) is 0.435. The summed E-state index contributed by atoms with van der Waals surface area (Å²) in [5, 5.41) is 3.17. The van der Waals surface area contributed by atoms with Gasteiger partial charge in [-0.1, -0.05) is 12.1 Å². The van der Waals surface area contributed by atoms with E-state index >= 15 is 0 Å². The lowest BCUT2D eigenvalue weighted by Crippen LogP contribution is -2.47. The van der Waals surface area contributed by atoms with Gasteiger partial charge in [-0.15, -0.1) is 0 Å². The van der Waals surface area contributed by atoms with Crippen LogP contribution in [0.4, 0.5) is 5.69 Å². The molecule has 1 aliphatic heterocycles. The molecule has 1 aliphatic rings. The van der Waals surface area contributed by atoms with Gasteiger partial charge in [0.05, 0.1) is 26.0 Å². The van der Waals surface area contributed by atoms with E-state index in [0.717, 1.165) is 37.4 Å². The van der Waals surface area contributed by atoms with E-state index in [1.54, 1.807) is 32.4 Å². The maximum absolute atomic E-state index is 12.8. The van der Waals surface area contributed by atoms with Gasteiger partial charge in [0, 0.05) is 24.7 Å². The maximum atomic E-state index is 12.8. The van der Waals surface area contributed by atoms with Crippen LogP contribution in [0, 0.1) is 0 Å². The van der Waals surface area contributed by atoms with Crippen LogP contribution >= 0.6 is 0 Å². The third kappa shape index (κ3) is 5.13. The smallest absolute Gasteiger partial charge is 0.251 e. The minimum absolute atomic E-state index is 0.0341. The Labute approximate surface area is 172 Å². The van der Waals surface area contributed by atoms with Crippen LogP contribution in [0.25, 0.3) is 0 Å². The van der Waals surface area contributed by atoms with Crippen molar-refractivity contribution in [1.29, 1.82) is 0 Å². The molecule has 1 N–H and O–H groups in total. The molecule has 0 radical (unpaired) electrons. The Morgan fingerprint density at radius 1 is 1.07 bits per heavy atom. The quantitative estimate of drug-likeness (QED) is 0.767. The zero-order valence-electron chi connectivity index (χ0n) is 17.6. The molecule has 6 nitrogen and oxygen atoms in total. The van der Waals surface area contributed by atoms with E-state index in [1.807, 2.05) is 32.0 Å². The van der Waals surface area contributed by atoms with Crippen LogP contribution < -0.4 is 24.4 Å². The average Bonchev–Trinajstić information content (AvgIpc) is 2.73. The number of amides is 1. The summed E-state index contributed by atoms with van der Waals surface area (Å²) in [5.74, 6) is 1.95. The third-order valence-corrected chi connectivity index (χ3v) is 4.97. The van der Waals surface area contributed by atoms with Crippen LogP contribution in [0.15, 0.2) is 42.5 Å². The van der Waals surface area contributed by atoms with E-state index in [0.29, 0.717) is 17.1 Å². The maximum Gasteiger partial charge on any atom is 0.251 e. The van der Waals surface area contributed by atoms with E-state index in [9.17, 15) is 4.79 Å². The minimum atomic E-state index is -0.105. The molecule has 156 valence electrons. The van der Waals surface area contributed by atoms with Gasteiger partial charge in [-0.3, -0.25) is 4.79 Å². The molecular formula is C23H30N2O4. The molecule has 29 heavy (non-hydrogen) atoms. The summed E-state index contributed by atoms with van der Waals surface area (Å²) in [6.07, 6.45) is 1.99. The highest BCUT2D eigenvalue weighted by Gasteiger charge is 2.24. The summed E-state index contributed by atoms with van der Waals surface area (Å²) < 4.78 is 16.6. The standard InChI is InChI=1S/C23H30N2O4/c1-16(2)29-21-12-11-17(14-22(21)28-4)23(26)24-18-8-7-13-25(15-18)19-9-5-6-10-20(19)27-3/h5-6,9-12,14,16,18H,7-8,13,15H2,1-4H3,(H,24,26). The van der Waals surface area contributed by atoms with Gasteiger partial charge in [0.2, 0.25) is 0 Å². The fourth-order valence-corrected chi connectivity index (χ4v) is 3.63. The molecule has 6 heteroatoms. The van der Waals surface area contributed by atoms with E-state index < -0.39 is 0 Å². The van der Waals surface area contributed by atoms with Crippen LogP contribution in [-0.2, 0) is 0 Å². The molecule has 0 aliphatic carbocycles. The Morgan fingerprint density at radius 3 is 2.55 bits per heavy atom. The molecule has 1 atom stereocenters. The second-order valence-electron chi connectivity index (χ2n) is 7.46. The molecule has 1 unspecified atom stereocenters. The zero-order chi connectivity index (χ0) is 20.8. The van der Waals surface area contributed by atoms with Crippen molar-refractivity contribution in [2.24, 2.45) is 0 Å². The number of nitrogens with zero attached hydrogens (tertiary/aromatic N) is 1. The van der Waals surface area contributed by atoms with E-state index in [4.69, 9.17) is 14.2 Å². The predicted octanol–water partition coefficient (Wildman–Crippen LogP) is 3.89. The molecule has 0 bridgehead atoms. The van der Waals surface area contributed by atoms with Crippen LogP contribution in [0.5, 0.6) is 17.2 Å². The Morgan fingerprint density at radius 2 is 1.83 bits per heavy atom. The van der Waals surface area contributed by atoms with Crippen molar-refractivity contribution in [1.82, 2.24) is 5.32 Å². The number of carbonyl (C=O) groups is 1. The summed E-state index contributed by atoms with van der Waals surface area (Å²) >= 11 is 0. The second-order valence-corrected chi connectivity index (χ2v) is 7.46. The molecule has 1 heterocycles. The van der Waals surface area contributed by atoms with Gasteiger partial charge in [-0.2, -0.15) is 0 Å². The first-order valence-corrected chi connectivity index (χ1v) is 10.1. The lowest BCUT2D eigenvalue weighted by molar-refractivity contribution is 0.0932. The van der Waals surface area contributed by atoms with Crippen LogP contribution in [-0.4, -0.2) is 45.4 Å². The van der Waals surface area contributed by atoms with Crippen LogP contribution in [0.1, 0.15) is 37.0 Å². The van der Waals surface area contributed by atoms with Crippen molar-refractivity contribution in [3.8, 4) is 17.2 Å². The number of methoxy groups -OCH3 is 2. The predicted molar refractivity (Wildman–Crippen MR) is 114 cm³/mol. The molecule has 1 saturated heterocycles. The number of hydrogen-bond donors (Lipinski definition) is 1. The summed E-state index contributed by atoms with van der Waals surface area (Å²) in [6.45, 7) is 5.60. The number of benzene rings is 2. The lowest BCUT2D eigenvalue weighted by atomic mass is 10.0. The Balaban J connectivity index is 1.69. The minimum Gasteiger partial charge on any atom is -0.495 e. The van der Waals surface area contributed by atoms with Gasteiger partial charge >= 0.3 is 0 Å². The van der Waals surface area contributed by atoms with Gasteiger partial charge in [0.25, 0.3) is 5.91 Å². The first-order chi connectivity index (χ1) is 14.0. The van der Waals surface area contributed by atoms with Crippen molar-refractivity contribution in [2.75, 3.05) is 32.2 Å². The topological polar surface area (TPSA) is 60.0 Å². The number of hydrogen-bond acceptors (Lipinski definition) is 5. The average molecular weight is 399 g/mol. The number of nitrogens with one attached hydrogen (secondary N) is 1. The zero-order valence-corrected chi connectivity index (χ0v) is 17.6. The largest absolute Gasteiger partial charge is 0.495 e. The monoisotopic (exact) mass is 398 g/mol. The fourth-order valence-electron chi connectivity index (χ4n) is 3.63. The van der Waals surface area contributed by atoms with Gasteiger partial charge in [-0.25, -0.2) is 0 Å². The molecule has 2 aromatic rings. The number of para-hydroxylation sites is 2. The van der Waals surface area contributed by atoms with Gasteiger partial charge in [0.1, 0.15) is 5.75 Å². The van der Waals surface area contributed by atoms with Crippen molar-refractivity contribution in [2.45, 2.75) is 38.8 Å². The first kappa shape index (κ1) is 20.8. The highest BCUT2D eigenvalue weighted by atomic mass is 16.5. The van der Waals surface area contributed by atoms with Gasteiger partial charge < -0.3 is 24.4 Å². The summed E-state index contributed by atoms with van der Waals surface area (Å²) in [7, 11) is 3.26. The molecule has 1 amide bonds. The molecule has 0 spiro atoms. The van der Waals surface area contributed by atoms with Gasteiger partial charge in [0.15, 0.2) is 11.5 Å². The molecule has 0 aromatic heterocycles. The van der Waals surface area contributed by atoms with Crippen molar-refractivity contribution in [3.05, 3.63) is 48.0 Å². The Bertz CT molecular complexity index is 837. The number of anilines is 1. The van der Waals surface area contributed by atoms with Crippen molar-refractivity contribution < 1.29 is 19.0 Å². The SMILES string of the molecule is COc1cc(C(=O)NC2CCCN(c3ccccc3OC)C2)ccc1OC(C)C. The summed E-state index contributed by atoms with van der Waals surface area (Å²) in [6, 6.07) is 13.4. The highest BCUT2D eigenvalue weighted by Crippen LogP contribution is 2.31. The number of carbonyl (C=O) groups excluding carboxylic acids is 1. The number of piperidine rings is 1. The Kier molecular flexibility index (Phi) is 6.86. The van der Waals surface area contributed by atoms with E-state index in [-0.39, 0.29) is 18.1 Å². The van der Waals surface area contributed by atoms with Crippen LogP contribution in [0.3, 0.4) is 0 Å². The van der Waals surface area contributed by atoms with E-state index in [1.165, 1.54) is 0 Å². The van der Waals surface area contributed by atoms with Gasteiger partial charge in [-0.05, 0) is 57.0 Å². The van der Waals surface area contributed by atoms with Crippen molar-refractivity contribution >= 4 is 11.6 Å². The molecule has 3 rings (SSSR count). The summed E-state index contributed by atoms with van der Waals surface area (Å²) in [5.41, 5.74) is 1.62. The third-order valence-electron chi connectivity index (χ3n) is 4.97. The summed E-state index contributed by atoms with van der Waals surface area (Å²) in [4.78, 5) is 15.1. The molecule has 1 fully saturated rings.